The number of hydrogen-bond acceptors (Lipinski definition) is 3. The van der Waals surface area contributed by atoms with Gasteiger partial charge in [0.15, 0.2) is 0 Å². The Balaban J connectivity index is 1.56. The summed E-state index contributed by atoms with van der Waals surface area (Å²) < 4.78 is 5.77. The number of benzene rings is 3. The smallest absolute Gasteiger partial charge is 0.293 e. The van der Waals surface area contributed by atoms with Crippen LogP contribution in [0, 0.1) is 0 Å². The van der Waals surface area contributed by atoms with E-state index in [1.807, 2.05) is 66.7 Å². The topological polar surface area (TPSA) is 71.3 Å². The van der Waals surface area contributed by atoms with Crippen LogP contribution in [-0.2, 0) is 11.2 Å². The van der Waals surface area contributed by atoms with Gasteiger partial charge in [-0.2, -0.15) is 0 Å². The maximum absolute atomic E-state index is 12.8. The first-order valence-electron chi connectivity index (χ1n) is 9.42. The predicted octanol–water partition coefficient (Wildman–Crippen LogP) is 5.26. The van der Waals surface area contributed by atoms with Crippen LogP contribution in [0.1, 0.15) is 22.5 Å². The van der Waals surface area contributed by atoms with E-state index in [0.29, 0.717) is 35.2 Å². The van der Waals surface area contributed by atoms with E-state index < -0.39 is 5.91 Å². The number of aryl methyl sites for hydroxylation is 1. The molecule has 0 saturated heterocycles. The third kappa shape index (κ3) is 4.35. The predicted molar refractivity (Wildman–Crippen MR) is 114 cm³/mol. The molecular formula is C24H20N2O3. The van der Waals surface area contributed by atoms with Crippen LogP contribution in [0.15, 0.2) is 89.3 Å². The molecule has 5 heteroatoms. The van der Waals surface area contributed by atoms with Crippen LogP contribution >= 0.6 is 0 Å². The van der Waals surface area contributed by atoms with Gasteiger partial charge >= 0.3 is 0 Å². The summed E-state index contributed by atoms with van der Waals surface area (Å²) in [6.07, 6.45) is 0.928. The Labute approximate surface area is 168 Å². The maximum atomic E-state index is 12.8. The molecule has 0 spiro atoms. The quantitative estimate of drug-likeness (QED) is 0.476. The highest BCUT2D eigenvalue weighted by Gasteiger charge is 2.22. The van der Waals surface area contributed by atoms with Gasteiger partial charge in [0.2, 0.25) is 11.7 Å². The fourth-order valence-corrected chi connectivity index (χ4v) is 3.14. The van der Waals surface area contributed by atoms with Gasteiger partial charge in [0.1, 0.15) is 11.3 Å². The molecule has 0 unspecified atom stereocenters. The van der Waals surface area contributed by atoms with Crippen LogP contribution in [0.4, 0.5) is 11.4 Å². The van der Waals surface area contributed by atoms with E-state index in [2.05, 4.69) is 10.6 Å². The Bertz CT molecular complexity index is 1130. The molecule has 144 valence electrons. The van der Waals surface area contributed by atoms with Gasteiger partial charge < -0.3 is 15.1 Å². The van der Waals surface area contributed by atoms with E-state index in [0.717, 1.165) is 5.56 Å². The Kier molecular flexibility index (Phi) is 5.38. The second-order valence-electron chi connectivity index (χ2n) is 6.66. The van der Waals surface area contributed by atoms with Crippen molar-refractivity contribution in [1.29, 1.82) is 0 Å². The summed E-state index contributed by atoms with van der Waals surface area (Å²) in [6, 6.07) is 26.2. The number of nitrogens with one attached hydrogen (secondary N) is 2. The molecule has 1 aromatic heterocycles. The molecule has 0 radical (unpaired) electrons. The Hall–Kier alpha value is -3.86. The Morgan fingerprint density at radius 2 is 1.41 bits per heavy atom. The minimum atomic E-state index is -0.411. The van der Waals surface area contributed by atoms with Gasteiger partial charge in [0, 0.05) is 17.5 Å². The molecule has 0 aliphatic heterocycles. The van der Waals surface area contributed by atoms with Crippen molar-refractivity contribution in [2.75, 3.05) is 10.6 Å². The Morgan fingerprint density at radius 1 is 0.759 bits per heavy atom. The van der Waals surface area contributed by atoms with Gasteiger partial charge in [-0.3, -0.25) is 9.59 Å². The number of anilines is 2. The second-order valence-corrected chi connectivity index (χ2v) is 6.66. The molecule has 0 atom stereocenters. The zero-order chi connectivity index (χ0) is 20.1. The molecule has 0 fully saturated rings. The maximum Gasteiger partial charge on any atom is 0.293 e. The summed E-state index contributed by atoms with van der Waals surface area (Å²) in [5.41, 5.74) is 2.68. The van der Waals surface area contributed by atoms with Crippen LogP contribution in [-0.4, -0.2) is 11.8 Å². The van der Waals surface area contributed by atoms with E-state index in [4.69, 9.17) is 4.42 Å². The first-order chi connectivity index (χ1) is 14.2. The molecule has 4 rings (SSSR count). The summed E-state index contributed by atoms with van der Waals surface area (Å²) in [4.78, 5) is 25.4. The lowest BCUT2D eigenvalue weighted by Crippen LogP contribution is -2.17. The molecule has 5 nitrogen and oxygen atoms in total. The summed E-state index contributed by atoms with van der Waals surface area (Å²) in [7, 11) is 0. The van der Waals surface area contributed by atoms with Gasteiger partial charge in [-0.1, -0.05) is 60.7 Å². The van der Waals surface area contributed by atoms with Crippen molar-refractivity contribution in [2.24, 2.45) is 0 Å². The largest absolute Gasteiger partial charge is 0.449 e. The molecule has 4 aromatic rings. The van der Waals surface area contributed by atoms with E-state index >= 15 is 0 Å². The van der Waals surface area contributed by atoms with Crippen molar-refractivity contribution in [3.63, 3.8) is 0 Å². The van der Waals surface area contributed by atoms with Crippen LogP contribution < -0.4 is 10.6 Å². The molecule has 0 aliphatic carbocycles. The zero-order valence-corrected chi connectivity index (χ0v) is 15.7. The average molecular weight is 384 g/mol. The minimum absolute atomic E-state index is 0.0862. The van der Waals surface area contributed by atoms with Gasteiger partial charge in [-0.05, 0) is 36.2 Å². The third-order valence-corrected chi connectivity index (χ3v) is 4.58. The lowest BCUT2D eigenvalue weighted by Gasteiger charge is -2.07. The zero-order valence-electron chi connectivity index (χ0n) is 15.7. The number of carbonyl (C=O) groups is 2. The number of para-hydroxylation sites is 2. The highest BCUT2D eigenvalue weighted by atomic mass is 16.3. The van der Waals surface area contributed by atoms with Gasteiger partial charge in [-0.25, -0.2) is 0 Å². The number of amides is 2. The van der Waals surface area contributed by atoms with Crippen molar-refractivity contribution in [3.05, 3.63) is 96.3 Å². The number of carbonyl (C=O) groups excluding carboxylic acids is 2. The van der Waals surface area contributed by atoms with Crippen molar-refractivity contribution in [2.45, 2.75) is 12.8 Å². The fraction of sp³-hybridized carbons (Fsp3) is 0.0833. The normalized spacial score (nSPS) is 10.6. The highest BCUT2D eigenvalue weighted by Crippen LogP contribution is 2.31. The van der Waals surface area contributed by atoms with E-state index in [1.54, 1.807) is 18.2 Å². The highest BCUT2D eigenvalue weighted by molar-refractivity contribution is 6.14. The number of furan rings is 1. The molecule has 0 aliphatic rings. The SMILES string of the molecule is O=C(CCc1ccccc1)Nc1c(C(=O)Nc2ccccc2)oc2ccccc12. The van der Waals surface area contributed by atoms with Crippen LogP contribution in [0.2, 0.25) is 0 Å². The molecular weight excluding hydrogens is 364 g/mol. The van der Waals surface area contributed by atoms with E-state index in [1.165, 1.54) is 0 Å². The molecule has 0 bridgehead atoms. The second kappa shape index (κ2) is 8.44. The summed E-state index contributed by atoms with van der Waals surface area (Å²) in [6.45, 7) is 0. The molecule has 3 aromatic carbocycles. The van der Waals surface area contributed by atoms with Crippen molar-refractivity contribution >= 4 is 34.2 Å². The van der Waals surface area contributed by atoms with E-state index in [9.17, 15) is 9.59 Å². The Morgan fingerprint density at radius 3 is 2.17 bits per heavy atom. The fourth-order valence-electron chi connectivity index (χ4n) is 3.14. The lowest BCUT2D eigenvalue weighted by molar-refractivity contribution is -0.116. The van der Waals surface area contributed by atoms with Gasteiger partial charge in [0.05, 0.1) is 0 Å². The molecule has 2 amide bonds. The number of hydrogen-bond donors (Lipinski definition) is 2. The number of rotatable bonds is 6. The number of fused-ring (bicyclic) bond motifs is 1. The van der Waals surface area contributed by atoms with Crippen molar-refractivity contribution in [3.8, 4) is 0 Å². The van der Waals surface area contributed by atoms with Gasteiger partial charge in [0.25, 0.3) is 5.91 Å². The third-order valence-electron chi connectivity index (χ3n) is 4.58. The lowest BCUT2D eigenvalue weighted by atomic mass is 10.1. The van der Waals surface area contributed by atoms with Crippen LogP contribution in [0.25, 0.3) is 11.0 Å². The van der Waals surface area contributed by atoms with Crippen molar-refractivity contribution in [1.82, 2.24) is 0 Å². The van der Waals surface area contributed by atoms with Crippen LogP contribution in [0.5, 0.6) is 0 Å². The minimum Gasteiger partial charge on any atom is -0.449 e. The van der Waals surface area contributed by atoms with Gasteiger partial charge in [-0.15, -0.1) is 0 Å². The summed E-state index contributed by atoms with van der Waals surface area (Å²) in [5, 5.41) is 6.38. The van der Waals surface area contributed by atoms with Crippen LogP contribution in [0.3, 0.4) is 0 Å². The summed E-state index contributed by atoms with van der Waals surface area (Å²) in [5.74, 6) is -0.497. The monoisotopic (exact) mass is 384 g/mol. The molecule has 29 heavy (non-hydrogen) atoms. The molecule has 2 N–H and O–H groups in total. The first kappa shape index (κ1) is 18.5. The standard InChI is InChI=1S/C24H20N2O3/c27-21(16-15-17-9-3-1-4-10-17)26-22-19-13-7-8-14-20(19)29-23(22)24(28)25-18-11-5-2-6-12-18/h1-14H,15-16H2,(H,25,28)(H,26,27). The first-order valence-corrected chi connectivity index (χ1v) is 9.42. The van der Waals surface area contributed by atoms with Crippen molar-refractivity contribution < 1.29 is 14.0 Å². The van der Waals surface area contributed by atoms with E-state index in [-0.39, 0.29) is 11.7 Å². The average Bonchev–Trinajstić information content (AvgIpc) is 3.12. The molecule has 1 heterocycles. The molecule has 0 saturated carbocycles. The summed E-state index contributed by atoms with van der Waals surface area (Å²) >= 11 is 0.